The highest BCUT2D eigenvalue weighted by molar-refractivity contribution is 7.92. The van der Waals surface area contributed by atoms with Gasteiger partial charge < -0.3 is 4.90 Å². The van der Waals surface area contributed by atoms with E-state index in [1.807, 2.05) is 0 Å². The molecule has 0 unspecified atom stereocenters. The van der Waals surface area contributed by atoms with Gasteiger partial charge in [0.2, 0.25) is 0 Å². The van der Waals surface area contributed by atoms with Crippen molar-refractivity contribution in [1.82, 2.24) is 4.98 Å². The number of benzene rings is 2. The van der Waals surface area contributed by atoms with Crippen LogP contribution in [0.4, 0.5) is 5.13 Å². The van der Waals surface area contributed by atoms with Gasteiger partial charge >= 0.3 is 0 Å². The number of hydrogen-bond acceptors (Lipinski definition) is 5. The Morgan fingerprint density at radius 3 is 2.44 bits per heavy atom. The molecule has 32 heavy (non-hydrogen) atoms. The highest BCUT2D eigenvalue weighted by Gasteiger charge is 2.33. The molecule has 3 aromatic rings. The molecule has 0 aliphatic carbocycles. The van der Waals surface area contributed by atoms with Crippen LogP contribution in [-0.4, -0.2) is 31.7 Å². The lowest BCUT2D eigenvalue weighted by Gasteiger charge is -2.31. The number of anilines is 1. The molecule has 0 bridgehead atoms. The van der Waals surface area contributed by atoms with E-state index in [1.54, 1.807) is 24.3 Å². The Bertz CT molecular complexity index is 1200. The maximum absolute atomic E-state index is 13.2. The number of nitrogens with zero attached hydrogens (tertiary/aromatic N) is 2. The van der Waals surface area contributed by atoms with Gasteiger partial charge in [0.15, 0.2) is 15.0 Å². The van der Waals surface area contributed by atoms with Gasteiger partial charge in [0.1, 0.15) is 0 Å². The van der Waals surface area contributed by atoms with E-state index >= 15 is 0 Å². The fraction of sp³-hybridized carbons (Fsp3) is 0.375. The van der Waals surface area contributed by atoms with Crippen LogP contribution in [0.3, 0.4) is 0 Å². The summed E-state index contributed by atoms with van der Waals surface area (Å²) in [7, 11) is -3.52. The third kappa shape index (κ3) is 4.84. The average molecular weight is 510 g/mol. The Labute approximate surface area is 204 Å². The number of sulfone groups is 1. The van der Waals surface area contributed by atoms with Crippen LogP contribution in [0.25, 0.3) is 11.3 Å². The molecule has 1 aromatic heterocycles. The van der Waals surface area contributed by atoms with Gasteiger partial charge in [-0.25, -0.2) is 13.4 Å². The molecule has 2 aromatic carbocycles. The van der Waals surface area contributed by atoms with Crippen molar-refractivity contribution in [3.63, 3.8) is 0 Å². The smallest absolute Gasteiger partial charge is 0.185 e. The molecule has 2 heterocycles. The average Bonchev–Trinajstić information content (AvgIpc) is 3.27. The first-order valence-electron chi connectivity index (χ1n) is 10.8. The molecule has 0 spiro atoms. The summed E-state index contributed by atoms with van der Waals surface area (Å²) in [6.07, 6.45) is 3.30. The summed E-state index contributed by atoms with van der Waals surface area (Å²) in [6.45, 7) is 5.27. The second-order valence-corrected chi connectivity index (χ2v) is 12.1. The molecule has 0 amide bonds. The molecule has 0 N–H and O–H groups in total. The Hall–Kier alpha value is -1.60. The van der Waals surface area contributed by atoms with E-state index in [1.165, 1.54) is 11.6 Å². The van der Waals surface area contributed by atoms with Gasteiger partial charge in [-0.3, -0.25) is 0 Å². The van der Waals surface area contributed by atoms with Crippen molar-refractivity contribution in [3.8, 4) is 11.3 Å². The van der Waals surface area contributed by atoms with Crippen molar-refractivity contribution in [2.24, 2.45) is 0 Å². The van der Waals surface area contributed by atoms with Crippen LogP contribution in [0.1, 0.15) is 37.3 Å². The Kier molecular flexibility index (Phi) is 7.15. The maximum atomic E-state index is 13.2. The molecule has 4 rings (SSSR count). The first-order chi connectivity index (χ1) is 15.3. The summed E-state index contributed by atoms with van der Waals surface area (Å²) in [5, 5.41) is 3.22. The van der Waals surface area contributed by atoms with E-state index < -0.39 is 15.1 Å². The standard InChI is InChI=1S/C24H26Cl2N2O2S2/c1-3-4-17-5-7-18(8-6-17)22-15-31-24(27-22)28-11-9-19(10-12-28)32(29,30)23-13-16(2)20(25)14-21(23)26/h5-8,13-15,19H,3-4,9-12H2,1-2H3. The summed E-state index contributed by atoms with van der Waals surface area (Å²) in [5.74, 6) is 0. The van der Waals surface area contributed by atoms with Gasteiger partial charge in [0.05, 0.1) is 20.9 Å². The molecule has 1 saturated heterocycles. The van der Waals surface area contributed by atoms with E-state index in [9.17, 15) is 8.42 Å². The number of halogens is 2. The van der Waals surface area contributed by atoms with Crippen molar-refractivity contribution in [2.75, 3.05) is 18.0 Å². The number of hydrogen-bond donors (Lipinski definition) is 0. The molecule has 1 aliphatic heterocycles. The number of thiazole rings is 1. The summed E-state index contributed by atoms with van der Waals surface area (Å²) in [6, 6.07) is 11.7. The van der Waals surface area contributed by atoms with E-state index in [-0.39, 0.29) is 9.92 Å². The first kappa shape index (κ1) is 23.6. The van der Waals surface area contributed by atoms with Gasteiger partial charge in [-0.15, -0.1) is 11.3 Å². The van der Waals surface area contributed by atoms with E-state index in [0.717, 1.165) is 29.2 Å². The third-order valence-electron chi connectivity index (χ3n) is 5.95. The van der Waals surface area contributed by atoms with E-state index in [0.29, 0.717) is 36.5 Å². The minimum absolute atomic E-state index is 0.183. The normalized spacial score (nSPS) is 15.3. The minimum Gasteiger partial charge on any atom is -0.348 e. The number of aryl methyl sites for hydroxylation is 2. The summed E-state index contributed by atoms with van der Waals surface area (Å²) >= 11 is 13.9. The van der Waals surface area contributed by atoms with Crippen LogP contribution in [0.5, 0.6) is 0 Å². The fourth-order valence-electron chi connectivity index (χ4n) is 4.06. The lowest BCUT2D eigenvalue weighted by Crippen LogP contribution is -2.39. The van der Waals surface area contributed by atoms with Crippen molar-refractivity contribution in [2.45, 2.75) is 49.7 Å². The zero-order valence-electron chi connectivity index (χ0n) is 18.1. The van der Waals surface area contributed by atoms with Crippen LogP contribution in [0.2, 0.25) is 10.0 Å². The maximum Gasteiger partial charge on any atom is 0.185 e. The molecular weight excluding hydrogens is 483 g/mol. The Balaban J connectivity index is 1.45. The summed E-state index contributed by atoms with van der Waals surface area (Å²) in [4.78, 5) is 7.18. The van der Waals surface area contributed by atoms with Crippen LogP contribution in [0.15, 0.2) is 46.7 Å². The summed E-state index contributed by atoms with van der Waals surface area (Å²) in [5.41, 5.74) is 4.12. The lowest BCUT2D eigenvalue weighted by atomic mass is 10.1. The fourth-order valence-corrected chi connectivity index (χ4v) is 7.52. The van der Waals surface area contributed by atoms with Crippen LogP contribution >= 0.6 is 34.5 Å². The van der Waals surface area contributed by atoms with Crippen molar-refractivity contribution in [3.05, 3.63) is 63.0 Å². The van der Waals surface area contributed by atoms with Gasteiger partial charge in [-0.1, -0.05) is 60.8 Å². The van der Waals surface area contributed by atoms with E-state index in [4.69, 9.17) is 28.2 Å². The Morgan fingerprint density at radius 2 is 1.78 bits per heavy atom. The zero-order chi connectivity index (χ0) is 22.9. The first-order valence-corrected chi connectivity index (χ1v) is 14.0. The van der Waals surface area contributed by atoms with Gasteiger partial charge in [0, 0.05) is 29.1 Å². The molecule has 1 fully saturated rings. The van der Waals surface area contributed by atoms with Crippen molar-refractivity contribution < 1.29 is 8.42 Å². The highest BCUT2D eigenvalue weighted by atomic mass is 35.5. The van der Waals surface area contributed by atoms with Crippen LogP contribution in [-0.2, 0) is 16.3 Å². The molecule has 8 heteroatoms. The van der Waals surface area contributed by atoms with Crippen molar-refractivity contribution >= 4 is 49.5 Å². The molecule has 170 valence electrons. The second-order valence-electron chi connectivity index (χ2n) is 8.23. The minimum atomic E-state index is -3.52. The zero-order valence-corrected chi connectivity index (χ0v) is 21.3. The monoisotopic (exact) mass is 508 g/mol. The lowest BCUT2D eigenvalue weighted by molar-refractivity contribution is 0.529. The SMILES string of the molecule is CCCc1ccc(-c2csc(N3CCC(S(=O)(=O)c4cc(C)c(Cl)cc4Cl)CC3)n2)cc1. The molecular formula is C24H26Cl2N2O2S2. The predicted molar refractivity (Wildman–Crippen MR) is 135 cm³/mol. The highest BCUT2D eigenvalue weighted by Crippen LogP contribution is 2.35. The molecule has 1 aliphatic rings. The Morgan fingerprint density at radius 1 is 1.09 bits per heavy atom. The van der Waals surface area contributed by atoms with Gasteiger partial charge in [0.25, 0.3) is 0 Å². The quantitative estimate of drug-likeness (QED) is 0.366. The van der Waals surface area contributed by atoms with Gasteiger partial charge in [-0.05, 0) is 49.4 Å². The van der Waals surface area contributed by atoms with Crippen LogP contribution < -0.4 is 4.90 Å². The van der Waals surface area contributed by atoms with Crippen molar-refractivity contribution in [1.29, 1.82) is 0 Å². The summed E-state index contributed by atoms with van der Waals surface area (Å²) < 4.78 is 26.4. The predicted octanol–water partition coefficient (Wildman–Crippen LogP) is 6.82. The number of piperidine rings is 1. The largest absolute Gasteiger partial charge is 0.348 e. The topological polar surface area (TPSA) is 50.3 Å². The number of rotatable bonds is 6. The molecule has 0 radical (unpaired) electrons. The number of aromatic nitrogens is 1. The molecule has 0 saturated carbocycles. The molecule has 4 nitrogen and oxygen atoms in total. The van der Waals surface area contributed by atoms with Crippen LogP contribution in [0, 0.1) is 6.92 Å². The third-order valence-corrected chi connectivity index (χ3v) is 9.98. The van der Waals surface area contributed by atoms with E-state index in [2.05, 4.69) is 41.5 Å². The molecule has 0 atom stereocenters. The van der Waals surface area contributed by atoms with Gasteiger partial charge in [-0.2, -0.15) is 0 Å². The second kappa shape index (κ2) is 9.72.